The van der Waals surface area contributed by atoms with Crippen molar-refractivity contribution >= 4 is 74.0 Å². The molecule has 0 aliphatic heterocycles. The van der Waals surface area contributed by atoms with Crippen LogP contribution in [0.3, 0.4) is 0 Å². The van der Waals surface area contributed by atoms with Crippen LogP contribution in [0, 0.1) is 5.41 Å². The van der Waals surface area contributed by atoms with Crippen LogP contribution in [0.15, 0.2) is 114 Å². The number of carbonyl (C=O) groups excluding carboxylic acids is 1. The van der Waals surface area contributed by atoms with Crippen LogP contribution in [0.25, 0.3) is 23.1 Å². The Labute approximate surface area is 295 Å². The van der Waals surface area contributed by atoms with E-state index in [1.54, 1.807) is 23.9 Å². The van der Waals surface area contributed by atoms with Gasteiger partial charge in [0, 0.05) is 33.0 Å². The number of fused-ring (bicyclic) bond motifs is 1. The number of nitrogens with zero attached hydrogens (tertiary/aromatic N) is 1. The van der Waals surface area contributed by atoms with Gasteiger partial charge in [0.05, 0.1) is 22.5 Å². The van der Waals surface area contributed by atoms with Crippen LogP contribution in [0.1, 0.15) is 46.9 Å². The number of hydrogen-bond donors (Lipinski definition) is 1. The highest BCUT2D eigenvalue weighted by Crippen LogP contribution is 2.53. The first-order chi connectivity index (χ1) is 23.2. The molecule has 6 rings (SSSR count). The van der Waals surface area contributed by atoms with Crippen molar-refractivity contribution in [3.63, 3.8) is 0 Å². The summed E-state index contributed by atoms with van der Waals surface area (Å²) in [4.78, 5) is 17.7. The molecule has 10 heteroatoms. The summed E-state index contributed by atoms with van der Waals surface area (Å²) in [5.41, 5.74) is 4.34. The Morgan fingerprint density at radius 1 is 0.896 bits per heavy atom. The number of rotatable bonds is 14. The molecule has 48 heavy (non-hydrogen) atoms. The number of esters is 1. The molecule has 0 saturated heterocycles. The maximum atomic E-state index is 13.2. The molecule has 0 bridgehead atoms. The van der Waals surface area contributed by atoms with Gasteiger partial charge in [-0.05, 0) is 83.5 Å². The molecule has 1 heterocycles. The van der Waals surface area contributed by atoms with Gasteiger partial charge < -0.3 is 4.74 Å². The van der Waals surface area contributed by atoms with E-state index < -0.39 is 10.0 Å². The van der Waals surface area contributed by atoms with E-state index in [1.807, 2.05) is 91.0 Å². The van der Waals surface area contributed by atoms with Gasteiger partial charge in [-0.2, -0.15) is 11.8 Å². The van der Waals surface area contributed by atoms with Gasteiger partial charge in [0.25, 0.3) is 0 Å². The summed E-state index contributed by atoms with van der Waals surface area (Å²) in [6.45, 7) is 0.422. The van der Waals surface area contributed by atoms with Crippen LogP contribution in [-0.4, -0.2) is 31.7 Å². The lowest BCUT2D eigenvalue weighted by molar-refractivity contribution is -0.146. The molecule has 6 nitrogen and oxygen atoms in total. The molecule has 1 aliphatic rings. The molecule has 5 aromatic rings. The molecule has 1 unspecified atom stereocenters. The van der Waals surface area contributed by atoms with E-state index >= 15 is 0 Å². The van der Waals surface area contributed by atoms with Crippen molar-refractivity contribution in [3.8, 4) is 0 Å². The van der Waals surface area contributed by atoms with Gasteiger partial charge in [0.1, 0.15) is 6.61 Å². The third-order valence-corrected chi connectivity index (χ3v) is 11.8. The Morgan fingerprint density at radius 3 is 2.42 bits per heavy atom. The van der Waals surface area contributed by atoms with E-state index in [1.165, 1.54) is 12.1 Å². The van der Waals surface area contributed by atoms with E-state index in [4.69, 9.17) is 32.9 Å². The van der Waals surface area contributed by atoms with Crippen molar-refractivity contribution in [2.45, 2.75) is 36.0 Å². The second kappa shape index (κ2) is 15.3. The maximum Gasteiger partial charge on any atom is 0.306 e. The summed E-state index contributed by atoms with van der Waals surface area (Å²) in [5, 5.41) is 1.90. The number of aromatic nitrogens is 1. The van der Waals surface area contributed by atoms with Gasteiger partial charge in [-0.15, -0.1) is 0 Å². The molecule has 4 aromatic carbocycles. The highest BCUT2D eigenvalue weighted by atomic mass is 35.5. The first-order valence-electron chi connectivity index (χ1n) is 15.6. The molecule has 1 atom stereocenters. The van der Waals surface area contributed by atoms with E-state index in [0.29, 0.717) is 22.2 Å². The third kappa shape index (κ3) is 9.27. The quantitative estimate of drug-likeness (QED) is 0.115. The largest absolute Gasteiger partial charge is 0.461 e. The number of thioether (sulfide) groups is 1. The van der Waals surface area contributed by atoms with Crippen molar-refractivity contribution in [1.29, 1.82) is 0 Å². The first-order valence-corrected chi connectivity index (χ1v) is 18.9. The lowest BCUT2D eigenvalue weighted by atomic mass is 10.1. The fourth-order valence-corrected chi connectivity index (χ4v) is 8.25. The molecule has 0 radical (unpaired) electrons. The summed E-state index contributed by atoms with van der Waals surface area (Å²) in [6, 6.07) is 33.4. The Kier molecular flexibility index (Phi) is 10.9. The number of hydrogen-bond acceptors (Lipinski definition) is 6. The van der Waals surface area contributed by atoms with Crippen molar-refractivity contribution in [3.05, 3.63) is 142 Å². The van der Waals surface area contributed by atoms with Gasteiger partial charge in [-0.25, -0.2) is 18.1 Å². The number of ether oxygens (including phenoxy) is 1. The summed E-state index contributed by atoms with van der Waals surface area (Å²) in [7, 11) is -3.78. The van der Waals surface area contributed by atoms with E-state index in [2.05, 4.69) is 10.8 Å². The average molecular weight is 718 g/mol. The number of nitrogens with one attached hydrogen (secondary N) is 1. The predicted molar refractivity (Wildman–Crippen MR) is 196 cm³/mol. The van der Waals surface area contributed by atoms with Crippen LogP contribution >= 0.6 is 35.0 Å². The highest BCUT2D eigenvalue weighted by Gasteiger charge is 2.45. The summed E-state index contributed by atoms with van der Waals surface area (Å²) >= 11 is 13.8. The number of sulfonamides is 1. The summed E-state index contributed by atoms with van der Waals surface area (Å²) < 4.78 is 34.8. The van der Waals surface area contributed by atoms with Crippen LogP contribution in [0.2, 0.25) is 10.0 Å². The third-order valence-electron chi connectivity index (χ3n) is 8.30. The average Bonchev–Trinajstić information content (AvgIpc) is 3.86. The monoisotopic (exact) mass is 716 g/mol. The lowest BCUT2D eigenvalue weighted by Crippen LogP contribution is -2.28. The van der Waals surface area contributed by atoms with Gasteiger partial charge >= 0.3 is 5.97 Å². The smallest absolute Gasteiger partial charge is 0.306 e. The molecule has 0 amide bonds. The fourth-order valence-electron chi connectivity index (χ4n) is 5.32. The zero-order chi connectivity index (χ0) is 33.6. The Hall–Kier alpha value is -3.66. The Morgan fingerprint density at radius 2 is 1.65 bits per heavy atom. The number of carbonyl (C=O) groups is 1. The van der Waals surface area contributed by atoms with Crippen LogP contribution in [0.4, 0.5) is 0 Å². The minimum Gasteiger partial charge on any atom is -0.461 e. The van der Waals surface area contributed by atoms with Gasteiger partial charge in [0.15, 0.2) is 0 Å². The molecular weight excluding hydrogens is 683 g/mol. The van der Waals surface area contributed by atoms with Gasteiger partial charge in [-0.1, -0.05) is 96.0 Å². The molecule has 246 valence electrons. The van der Waals surface area contributed by atoms with Crippen LogP contribution < -0.4 is 4.72 Å². The van der Waals surface area contributed by atoms with Crippen LogP contribution in [0.5, 0.6) is 0 Å². The second-order valence-corrected chi connectivity index (χ2v) is 15.8. The number of pyridine rings is 1. The lowest BCUT2D eigenvalue weighted by Gasteiger charge is -2.22. The van der Waals surface area contributed by atoms with Crippen molar-refractivity contribution in [2.24, 2.45) is 5.41 Å². The van der Waals surface area contributed by atoms with Gasteiger partial charge in [-0.3, -0.25) is 4.79 Å². The minimum absolute atomic E-state index is 0.149. The van der Waals surface area contributed by atoms with Crippen LogP contribution in [-0.2, 0) is 26.2 Å². The molecule has 0 spiro atoms. The molecule has 1 N–H and O–H groups in total. The molecule has 1 aliphatic carbocycles. The molecule has 1 fully saturated rings. The SMILES string of the molecule is O=C(CC1(CSC(CNS(=O)(=O)c2ccc(Cl)cc2)c2cccc(/C=C/c3ccc4ccc(Cl)cc4n3)c2)CC1)OCc1ccccc1. The minimum atomic E-state index is -3.78. The summed E-state index contributed by atoms with van der Waals surface area (Å²) in [5.74, 6) is 0.485. The van der Waals surface area contributed by atoms with E-state index in [0.717, 1.165) is 46.1 Å². The van der Waals surface area contributed by atoms with Gasteiger partial charge in [0.2, 0.25) is 10.0 Å². The predicted octanol–water partition coefficient (Wildman–Crippen LogP) is 9.38. The van der Waals surface area contributed by atoms with Crippen molar-refractivity contribution < 1.29 is 17.9 Å². The van der Waals surface area contributed by atoms with Crippen molar-refractivity contribution in [2.75, 3.05) is 12.3 Å². The fraction of sp³-hybridized carbons (Fsp3) is 0.211. The molecule has 1 saturated carbocycles. The topological polar surface area (TPSA) is 85.4 Å². The number of benzene rings is 4. The Bertz CT molecular complexity index is 2030. The van der Waals surface area contributed by atoms with Crippen molar-refractivity contribution in [1.82, 2.24) is 9.71 Å². The Balaban J connectivity index is 1.17. The maximum absolute atomic E-state index is 13.2. The zero-order valence-corrected chi connectivity index (χ0v) is 29.2. The van der Waals surface area contributed by atoms with E-state index in [-0.39, 0.29) is 34.7 Å². The standard InChI is InChI=1S/C38H34Cl2N2O4S2/c39-31-13-17-34(18-14-31)48(44,45)41-24-36(47-26-38(19-20-38)23-37(43)46-25-28-5-2-1-3-6-28)30-8-4-7-27(21-30)9-15-33-16-11-29-10-12-32(40)22-35(29)42-33/h1-18,21-22,36,41H,19-20,23-26H2/b15-9+. The summed E-state index contributed by atoms with van der Waals surface area (Å²) in [6.07, 6.45) is 6.13. The normalized spacial score (nSPS) is 14.6. The first kappa shape index (κ1) is 34.2. The highest BCUT2D eigenvalue weighted by molar-refractivity contribution is 7.99. The zero-order valence-electron chi connectivity index (χ0n) is 26.0. The molecular formula is C38H34Cl2N2O4S2. The second-order valence-electron chi connectivity index (χ2n) is 12.0. The van der Waals surface area contributed by atoms with E-state index in [9.17, 15) is 13.2 Å². The number of halogens is 2. The molecule has 1 aromatic heterocycles.